The van der Waals surface area contributed by atoms with Crippen molar-refractivity contribution in [1.82, 2.24) is 0 Å². The van der Waals surface area contributed by atoms with Crippen LogP contribution in [0.3, 0.4) is 0 Å². The van der Waals surface area contributed by atoms with Crippen LogP contribution in [0.1, 0.15) is 11.1 Å². The van der Waals surface area contributed by atoms with E-state index >= 15 is 0 Å². The summed E-state index contributed by atoms with van der Waals surface area (Å²) in [6.45, 7) is 0. The molecule has 0 fully saturated rings. The van der Waals surface area contributed by atoms with Gasteiger partial charge >= 0.3 is 6.18 Å². The van der Waals surface area contributed by atoms with Gasteiger partial charge in [-0.25, -0.2) is 0 Å². The van der Waals surface area contributed by atoms with Crippen molar-refractivity contribution in [3.8, 4) is 6.07 Å². The Bertz CT molecular complexity index is 495. The molecule has 1 aromatic rings. The van der Waals surface area contributed by atoms with E-state index in [0.717, 1.165) is 30.3 Å². The summed E-state index contributed by atoms with van der Waals surface area (Å²) in [7, 11) is 0. The molecule has 0 saturated heterocycles. The molecule has 17 heavy (non-hydrogen) atoms. The SMILES string of the molecule is N#CC(=Cc1ccc(C(F)(F)F)cc1)C(N)=O. The zero-order chi connectivity index (χ0) is 13.1. The predicted octanol–water partition coefficient (Wildman–Crippen LogP) is 2.10. The molecule has 1 aromatic carbocycles. The molecule has 6 heteroatoms. The third-order valence-electron chi connectivity index (χ3n) is 1.93. The van der Waals surface area contributed by atoms with Crippen molar-refractivity contribution < 1.29 is 18.0 Å². The van der Waals surface area contributed by atoms with E-state index in [1.165, 1.54) is 0 Å². The zero-order valence-corrected chi connectivity index (χ0v) is 8.45. The topological polar surface area (TPSA) is 66.9 Å². The standard InChI is InChI=1S/C11H7F3N2O/c12-11(13,14)9-3-1-7(2-4-9)5-8(6-15)10(16)17/h1-5H,(H2,16,17). The summed E-state index contributed by atoms with van der Waals surface area (Å²) >= 11 is 0. The van der Waals surface area contributed by atoms with Crippen LogP contribution in [0.2, 0.25) is 0 Å². The summed E-state index contributed by atoms with van der Waals surface area (Å²) in [5.41, 5.74) is 4.07. The van der Waals surface area contributed by atoms with Crippen LogP contribution >= 0.6 is 0 Å². The highest BCUT2D eigenvalue weighted by atomic mass is 19.4. The lowest BCUT2D eigenvalue weighted by Crippen LogP contribution is -2.12. The Morgan fingerprint density at radius 3 is 2.18 bits per heavy atom. The fourth-order valence-electron chi connectivity index (χ4n) is 1.09. The Kier molecular flexibility index (Phi) is 3.53. The average molecular weight is 240 g/mol. The highest BCUT2D eigenvalue weighted by molar-refractivity contribution is 6.00. The lowest BCUT2D eigenvalue weighted by Gasteiger charge is -2.05. The minimum absolute atomic E-state index is 0.299. The van der Waals surface area contributed by atoms with Gasteiger partial charge in [0, 0.05) is 0 Å². The van der Waals surface area contributed by atoms with E-state index < -0.39 is 17.6 Å². The van der Waals surface area contributed by atoms with Crippen LogP contribution in [0.5, 0.6) is 0 Å². The van der Waals surface area contributed by atoms with Crippen molar-refractivity contribution in [3.63, 3.8) is 0 Å². The normalized spacial score (nSPS) is 12.0. The minimum atomic E-state index is -4.41. The molecule has 0 atom stereocenters. The smallest absolute Gasteiger partial charge is 0.365 e. The fraction of sp³-hybridized carbons (Fsp3) is 0.0909. The van der Waals surface area contributed by atoms with Crippen molar-refractivity contribution in [3.05, 3.63) is 41.0 Å². The molecule has 0 radical (unpaired) electrons. The number of primary amides is 1. The van der Waals surface area contributed by atoms with Gasteiger partial charge in [-0.15, -0.1) is 0 Å². The third-order valence-corrected chi connectivity index (χ3v) is 1.93. The first kappa shape index (κ1) is 12.8. The van der Waals surface area contributed by atoms with Gasteiger partial charge in [0.2, 0.25) is 0 Å². The first-order valence-electron chi connectivity index (χ1n) is 4.43. The summed E-state index contributed by atoms with van der Waals surface area (Å²) < 4.78 is 36.7. The Labute approximate surface area is 95.0 Å². The lowest BCUT2D eigenvalue weighted by molar-refractivity contribution is -0.137. The monoisotopic (exact) mass is 240 g/mol. The number of hydrogen-bond donors (Lipinski definition) is 1. The zero-order valence-electron chi connectivity index (χ0n) is 8.45. The molecule has 0 spiro atoms. The molecule has 2 N–H and O–H groups in total. The highest BCUT2D eigenvalue weighted by Crippen LogP contribution is 2.29. The molecule has 0 heterocycles. The largest absolute Gasteiger partial charge is 0.416 e. The number of amides is 1. The molecule has 1 rings (SSSR count). The van der Waals surface area contributed by atoms with Crippen LogP contribution < -0.4 is 5.73 Å². The number of nitriles is 1. The fourth-order valence-corrected chi connectivity index (χ4v) is 1.09. The maximum absolute atomic E-state index is 12.2. The minimum Gasteiger partial charge on any atom is -0.365 e. The Morgan fingerprint density at radius 1 is 1.29 bits per heavy atom. The Balaban J connectivity index is 3.05. The molecule has 0 saturated carbocycles. The van der Waals surface area contributed by atoms with Crippen molar-refractivity contribution in [2.24, 2.45) is 5.73 Å². The van der Waals surface area contributed by atoms with E-state index in [0.29, 0.717) is 5.56 Å². The van der Waals surface area contributed by atoms with Gasteiger partial charge in [0.15, 0.2) is 0 Å². The molecule has 1 amide bonds. The van der Waals surface area contributed by atoms with Crippen LogP contribution in [0.4, 0.5) is 13.2 Å². The number of halogens is 3. The quantitative estimate of drug-likeness (QED) is 0.635. The number of nitrogens with zero attached hydrogens (tertiary/aromatic N) is 1. The second-order valence-corrected chi connectivity index (χ2v) is 3.15. The molecule has 88 valence electrons. The van der Waals surface area contributed by atoms with Crippen molar-refractivity contribution in [1.29, 1.82) is 5.26 Å². The maximum atomic E-state index is 12.2. The van der Waals surface area contributed by atoms with Gasteiger partial charge < -0.3 is 5.73 Å². The van der Waals surface area contributed by atoms with Crippen molar-refractivity contribution in [2.75, 3.05) is 0 Å². The second-order valence-electron chi connectivity index (χ2n) is 3.15. The summed E-state index contributed by atoms with van der Waals surface area (Å²) in [5, 5.41) is 8.54. The van der Waals surface area contributed by atoms with E-state index in [-0.39, 0.29) is 5.57 Å². The van der Waals surface area contributed by atoms with Crippen molar-refractivity contribution in [2.45, 2.75) is 6.18 Å². The number of carbonyl (C=O) groups excluding carboxylic acids is 1. The molecular weight excluding hydrogens is 233 g/mol. The molecule has 0 unspecified atom stereocenters. The average Bonchev–Trinajstić information content (AvgIpc) is 2.25. The third kappa shape index (κ3) is 3.34. The van der Waals surface area contributed by atoms with Crippen LogP contribution in [0.15, 0.2) is 29.8 Å². The van der Waals surface area contributed by atoms with Crippen LogP contribution in [-0.2, 0) is 11.0 Å². The number of nitrogens with two attached hydrogens (primary N) is 1. The molecule has 0 aliphatic rings. The van der Waals surface area contributed by atoms with Crippen LogP contribution in [0, 0.1) is 11.3 Å². The summed E-state index contributed by atoms with van der Waals surface area (Å²) in [4.78, 5) is 10.7. The molecule has 3 nitrogen and oxygen atoms in total. The number of benzene rings is 1. The van der Waals surface area contributed by atoms with Gasteiger partial charge in [0.05, 0.1) is 5.56 Å². The van der Waals surface area contributed by atoms with Crippen LogP contribution in [-0.4, -0.2) is 5.91 Å². The number of hydrogen-bond acceptors (Lipinski definition) is 2. The first-order chi connectivity index (χ1) is 7.84. The predicted molar refractivity (Wildman–Crippen MR) is 54.2 cm³/mol. The maximum Gasteiger partial charge on any atom is 0.416 e. The van der Waals surface area contributed by atoms with E-state index in [1.54, 1.807) is 6.07 Å². The summed E-state index contributed by atoms with van der Waals surface area (Å²) in [5.74, 6) is -0.924. The number of carbonyl (C=O) groups is 1. The molecular formula is C11H7F3N2O. The second kappa shape index (κ2) is 4.70. The van der Waals surface area contributed by atoms with Gasteiger partial charge in [-0.05, 0) is 23.8 Å². The molecule has 0 aliphatic heterocycles. The first-order valence-corrected chi connectivity index (χ1v) is 4.43. The van der Waals surface area contributed by atoms with E-state index in [4.69, 9.17) is 11.0 Å². The Morgan fingerprint density at radius 2 is 1.82 bits per heavy atom. The summed E-state index contributed by atoms with van der Waals surface area (Å²) in [6, 6.07) is 5.60. The summed E-state index contributed by atoms with van der Waals surface area (Å²) in [6.07, 6.45) is -3.29. The molecule has 0 bridgehead atoms. The molecule has 0 aliphatic carbocycles. The van der Waals surface area contributed by atoms with E-state index in [2.05, 4.69) is 0 Å². The number of rotatable bonds is 2. The van der Waals surface area contributed by atoms with Gasteiger partial charge in [-0.1, -0.05) is 12.1 Å². The van der Waals surface area contributed by atoms with Gasteiger partial charge in [0.25, 0.3) is 5.91 Å². The van der Waals surface area contributed by atoms with E-state index in [1.807, 2.05) is 0 Å². The van der Waals surface area contributed by atoms with Gasteiger partial charge in [-0.2, -0.15) is 18.4 Å². The molecule has 0 aromatic heterocycles. The van der Waals surface area contributed by atoms with Gasteiger partial charge in [0.1, 0.15) is 11.6 Å². The van der Waals surface area contributed by atoms with E-state index in [9.17, 15) is 18.0 Å². The van der Waals surface area contributed by atoms with Gasteiger partial charge in [-0.3, -0.25) is 4.79 Å². The highest BCUT2D eigenvalue weighted by Gasteiger charge is 2.29. The lowest BCUT2D eigenvalue weighted by atomic mass is 10.1. The van der Waals surface area contributed by atoms with Crippen LogP contribution in [0.25, 0.3) is 6.08 Å². The van der Waals surface area contributed by atoms with Crippen molar-refractivity contribution >= 4 is 12.0 Å². The number of alkyl halides is 3. The Hall–Kier alpha value is -2.29.